The van der Waals surface area contributed by atoms with Crippen LogP contribution in [0, 0.1) is 5.92 Å². The zero-order chi connectivity index (χ0) is 20.3. The minimum atomic E-state index is -4.53. The normalized spacial score (nSPS) is 16.3. The van der Waals surface area contributed by atoms with Crippen LogP contribution < -0.4 is 16.4 Å². The second-order valence-corrected chi connectivity index (χ2v) is 6.75. The van der Waals surface area contributed by atoms with E-state index >= 15 is 0 Å². The summed E-state index contributed by atoms with van der Waals surface area (Å²) in [6.45, 7) is -0.0750. The highest BCUT2D eigenvalue weighted by Crippen LogP contribution is 2.32. The molecule has 0 aliphatic carbocycles. The summed E-state index contributed by atoms with van der Waals surface area (Å²) in [5.41, 5.74) is 6.66. The molecule has 0 saturated carbocycles. The van der Waals surface area contributed by atoms with Crippen LogP contribution in [0.5, 0.6) is 0 Å². The van der Waals surface area contributed by atoms with Gasteiger partial charge in [0, 0.05) is 30.3 Å². The number of hydrogen-bond donors (Lipinski definition) is 3. The number of halogens is 3. The molecule has 0 fully saturated rings. The van der Waals surface area contributed by atoms with Crippen LogP contribution in [-0.2, 0) is 28.7 Å². The molecule has 0 saturated heterocycles. The summed E-state index contributed by atoms with van der Waals surface area (Å²) >= 11 is 0. The van der Waals surface area contributed by atoms with E-state index in [9.17, 15) is 22.8 Å². The molecule has 4 N–H and O–H groups in total. The van der Waals surface area contributed by atoms with Gasteiger partial charge in [0.1, 0.15) is 0 Å². The largest absolute Gasteiger partial charge is 0.416 e. The Labute approximate surface area is 160 Å². The number of alkyl halides is 3. The lowest BCUT2D eigenvalue weighted by Gasteiger charge is -2.24. The summed E-state index contributed by atoms with van der Waals surface area (Å²) in [5.74, 6) is -0.966. The van der Waals surface area contributed by atoms with Gasteiger partial charge in [-0.3, -0.25) is 9.59 Å². The van der Waals surface area contributed by atoms with E-state index in [-0.39, 0.29) is 36.0 Å². The van der Waals surface area contributed by atoms with Crippen LogP contribution in [0.3, 0.4) is 0 Å². The van der Waals surface area contributed by atoms with Crippen LogP contribution in [0.2, 0.25) is 0 Å². The van der Waals surface area contributed by atoms with Gasteiger partial charge in [0.2, 0.25) is 11.8 Å². The topological polar surface area (TPSA) is 84.2 Å². The van der Waals surface area contributed by atoms with Gasteiger partial charge in [-0.25, -0.2) is 0 Å². The monoisotopic (exact) mass is 391 g/mol. The Hall–Kier alpha value is -2.87. The standard InChI is InChI=1S/C20H20F3N3O2/c21-20(22,23)15-7-12(11-24)8-16(10-15)25-18(27)6-5-14-9-13-3-1-2-4-17(13)26-19(14)28/h1-4,7-8,10,14H,5-6,9,11,24H2,(H,25,27)(H,26,28). The summed E-state index contributed by atoms with van der Waals surface area (Å²) in [6, 6.07) is 10.7. The van der Waals surface area contributed by atoms with E-state index in [2.05, 4.69) is 10.6 Å². The van der Waals surface area contributed by atoms with E-state index in [0.29, 0.717) is 12.8 Å². The molecule has 2 amide bonds. The minimum absolute atomic E-state index is 0.0223. The van der Waals surface area contributed by atoms with Crippen LogP contribution in [0.1, 0.15) is 29.5 Å². The molecular formula is C20H20F3N3O2. The van der Waals surface area contributed by atoms with E-state index in [1.54, 1.807) is 0 Å². The third-order valence-corrected chi connectivity index (χ3v) is 4.67. The van der Waals surface area contributed by atoms with Gasteiger partial charge >= 0.3 is 6.18 Å². The molecule has 0 spiro atoms. The second-order valence-electron chi connectivity index (χ2n) is 6.75. The highest BCUT2D eigenvalue weighted by molar-refractivity contribution is 5.96. The Morgan fingerprint density at radius 2 is 1.96 bits per heavy atom. The van der Waals surface area contributed by atoms with Gasteiger partial charge < -0.3 is 16.4 Å². The predicted octanol–water partition coefficient (Wildman–Crippen LogP) is 3.69. The molecular weight excluding hydrogens is 371 g/mol. The molecule has 0 radical (unpaired) electrons. The van der Waals surface area contributed by atoms with Crippen molar-refractivity contribution in [3.8, 4) is 0 Å². The van der Waals surface area contributed by atoms with E-state index in [4.69, 9.17) is 5.73 Å². The van der Waals surface area contributed by atoms with Crippen LogP contribution in [0.25, 0.3) is 0 Å². The molecule has 3 rings (SSSR count). The molecule has 8 heteroatoms. The maximum absolute atomic E-state index is 13.0. The fraction of sp³-hybridized carbons (Fsp3) is 0.300. The number of carbonyl (C=O) groups is 2. The number of amides is 2. The summed E-state index contributed by atoms with van der Waals surface area (Å²) in [6.07, 6.45) is -3.68. The van der Waals surface area contributed by atoms with Crippen LogP contribution in [0.4, 0.5) is 24.5 Å². The molecule has 1 aliphatic heterocycles. The molecule has 1 heterocycles. The van der Waals surface area contributed by atoms with Crippen LogP contribution in [-0.4, -0.2) is 11.8 Å². The van der Waals surface area contributed by atoms with Crippen molar-refractivity contribution < 1.29 is 22.8 Å². The summed E-state index contributed by atoms with van der Waals surface area (Å²) in [7, 11) is 0. The smallest absolute Gasteiger partial charge is 0.326 e. The average molecular weight is 391 g/mol. The molecule has 5 nitrogen and oxygen atoms in total. The van der Waals surface area contributed by atoms with Gasteiger partial charge in [0.15, 0.2) is 0 Å². The number of fused-ring (bicyclic) bond motifs is 1. The van der Waals surface area contributed by atoms with E-state index in [1.807, 2.05) is 24.3 Å². The van der Waals surface area contributed by atoms with Gasteiger partial charge in [-0.15, -0.1) is 0 Å². The van der Waals surface area contributed by atoms with Crippen molar-refractivity contribution in [3.05, 3.63) is 59.2 Å². The second kappa shape index (κ2) is 8.02. The van der Waals surface area contributed by atoms with Gasteiger partial charge in [0.05, 0.1) is 5.56 Å². The van der Waals surface area contributed by atoms with Gasteiger partial charge in [-0.1, -0.05) is 18.2 Å². The number of nitrogens with one attached hydrogen (secondary N) is 2. The van der Waals surface area contributed by atoms with Crippen molar-refractivity contribution in [2.45, 2.75) is 32.0 Å². The molecule has 1 unspecified atom stereocenters. The van der Waals surface area contributed by atoms with Crippen molar-refractivity contribution in [2.24, 2.45) is 11.7 Å². The SMILES string of the molecule is NCc1cc(NC(=O)CCC2Cc3ccccc3NC2=O)cc(C(F)(F)F)c1. The van der Waals surface area contributed by atoms with Crippen LogP contribution >= 0.6 is 0 Å². The molecule has 148 valence electrons. The highest BCUT2D eigenvalue weighted by Gasteiger charge is 2.31. The van der Waals surface area contributed by atoms with Crippen molar-refractivity contribution >= 4 is 23.2 Å². The summed E-state index contributed by atoms with van der Waals surface area (Å²) in [4.78, 5) is 24.4. The van der Waals surface area contributed by atoms with E-state index in [1.165, 1.54) is 6.07 Å². The Balaban J connectivity index is 1.63. The lowest BCUT2D eigenvalue weighted by molar-refractivity contribution is -0.137. The Kier molecular flexibility index (Phi) is 5.69. The third kappa shape index (κ3) is 4.69. The number of hydrogen-bond acceptors (Lipinski definition) is 3. The van der Waals surface area contributed by atoms with Crippen molar-refractivity contribution in [1.82, 2.24) is 0 Å². The first-order valence-electron chi connectivity index (χ1n) is 8.86. The molecule has 0 bridgehead atoms. The molecule has 2 aromatic rings. The van der Waals surface area contributed by atoms with Crippen molar-refractivity contribution in [1.29, 1.82) is 0 Å². The van der Waals surface area contributed by atoms with E-state index < -0.39 is 17.6 Å². The maximum Gasteiger partial charge on any atom is 0.416 e. The zero-order valence-corrected chi connectivity index (χ0v) is 15.0. The molecule has 28 heavy (non-hydrogen) atoms. The van der Waals surface area contributed by atoms with Crippen molar-refractivity contribution in [3.63, 3.8) is 0 Å². The van der Waals surface area contributed by atoms with Gasteiger partial charge in [0.25, 0.3) is 0 Å². The quantitative estimate of drug-likeness (QED) is 0.727. The Bertz CT molecular complexity index is 897. The van der Waals surface area contributed by atoms with E-state index in [0.717, 1.165) is 23.4 Å². The zero-order valence-electron chi connectivity index (χ0n) is 15.0. The Morgan fingerprint density at radius 3 is 2.68 bits per heavy atom. The Morgan fingerprint density at radius 1 is 1.21 bits per heavy atom. The number of para-hydroxylation sites is 1. The summed E-state index contributed by atoms with van der Waals surface area (Å²) in [5, 5.41) is 5.29. The van der Waals surface area contributed by atoms with Crippen LogP contribution in [0.15, 0.2) is 42.5 Å². The van der Waals surface area contributed by atoms with Crippen molar-refractivity contribution in [2.75, 3.05) is 10.6 Å². The molecule has 0 aromatic heterocycles. The number of benzene rings is 2. The highest BCUT2D eigenvalue weighted by atomic mass is 19.4. The first kappa shape index (κ1) is 19.9. The number of anilines is 2. The first-order chi connectivity index (χ1) is 13.3. The lowest BCUT2D eigenvalue weighted by Crippen LogP contribution is -2.30. The fourth-order valence-corrected chi connectivity index (χ4v) is 3.22. The number of carbonyl (C=O) groups excluding carboxylic acids is 2. The maximum atomic E-state index is 13.0. The molecule has 1 aliphatic rings. The minimum Gasteiger partial charge on any atom is -0.326 e. The average Bonchev–Trinajstić information content (AvgIpc) is 2.65. The fourth-order valence-electron chi connectivity index (χ4n) is 3.22. The first-order valence-corrected chi connectivity index (χ1v) is 8.86. The third-order valence-electron chi connectivity index (χ3n) is 4.67. The molecule has 1 atom stereocenters. The summed E-state index contributed by atoms with van der Waals surface area (Å²) < 4.78 is 38.9. The molecule has 2 aromatic carbocycles. The number of nitrogens with two attached hydrogens (primary N) is 1. The number of rotatable bonds is 5. The predicted molar refractivity (Wildman–Crippen MR) is 99.5 cm³/mol. The van der Waals surface area contributed by atoms with Gasteiger partial charge in [-0.05, 0) is 48.2 Å². The van der Waals surface area contributed by atoms with Gasteiger partial charge in [-0.2, -0.15) is 13.2 Å². The lowest BCUT2D eigenvalue weighted by atomic mass is 9.89.